The Kier molecular flexibility index (Phi) is 6.48. The number of nitrogens with zero attached hydrogens (tertiary/aromatic N) is 3. The quantitative estimate of drug-likeness (QED) is 0.395. The van der Waals surface area contributed by atoms with Crippen LogP contribution in [0.5, 0.6) is 5.75 Å². The van der Waals surface area contributed by atoms with Crippen molar-refractivity contribution in [3.8, 4) is 5.75 Å². The predicted octanol–water partition coefficient (Wildman–Crippen LogP) is 2.57. The zero-order chi connectivity index (χ0) is 21.6. The second-order valence-electron chi connectivity index (χ2n) is 7.04. The second kappa shape index (κ2) is 9.23. The van der Waals surface area contributed by atoms with E-state index in [0.717, 1.165) is 5.56 Å². The predicted molar refractivity (Wildman–Crippen MR) is 117 cm³/mol. The molecule has 3 rings (SSSR count). The number of guanidine groups is 2. The van der Waals surface area contributed by atoms with E-state index in [1.165, 1.54) is 5.06 Å². The van der Waals surface area contributed by atoms with Gasteiger partial charge in [-0.25, -0.2) is 4.99 Å². The van der Waals surface area contributed by atoms with Crippen LogP contribution in [0.4, 0.5) is 0 Å². The summed E-state index contributed by atoms with van der Waals surface area (Å²) in [6.45, 7) is 4.13. The highest BCUT2D eigenvalue weighted by Gasteiger charge is 2.33. The SMILES string of the molecule is CC1(C)N=C(N)N=C(N)N1OCCOc1ccc(C(=O)C=Cc2ccccc2)cc1. The van der Waals surface area contributed by atoms with Gasteiger partial charge in [-0.2, -0.15) is 10.1 Å². The molecule has 8 heteroatoms. The Morgan fingerprint density at radius 1 is 1.07 bits per heavy atom. The maximum atomic E-state index is 12.3. The van der Waals surface area contributed by atoms with E-state index in [1.807, 2.05) is 44.2 Å². The summed E-state index contributed by atoms with van der Waals surface area (Å²) in [5.74, 6) is 0.806. The summed E-state index contributed by atoms with van der Waals surface area (Å²) < 4.78 is 5.66. The number of ether oxygens (including phenoxy) is 1. The maximum Gasteiger partial charge on any atom is 0.226 e. The van der Waals surface area contributed by atoms with E-state index in [4.69, 9.17) is 21.0 Å². The summed E-state index contributed by atoms with van der Waals surface area (Å²) in [6, 6.07) is 16.6. The van der Waals surface area contributed by atoms with Crippen LogP contribution in [0.3, 0.4) is 0 Å². The fourth-order valence-electron chi connectivity index (χ4n) is 2.85. The first-order valence-electron chi connectivity index (χ1n) is 9.48. The molecular weight excluding hydrogens is 382 g/mol. The minimum atomic E-state index is -0.759. The molecule has 0 unspecified atom stereocenters. The van der Waals surface area contributed by atoms with Crippen LogP contribution in [0.1, 0.15) is 29.8 Å². The Morgan fingerprint density at radius 3 is 2.43 bits per heavy atom. The lowest BCUT2D eigenvalue weighted by Gasteiger charge is -2.36. The van der Waals surface area contributed by atoms with Crippen LogP contribution in [-0.2, 0) is 4.84 Å². The van der Waals surface area contributed by atoms with Crippen LogP contribution in [0.15, 0.2) is 70.7 Å². The molecule has 0 saturated heterocycles. The maximum absolute atomic E-state index is 12.3. The number of benzene rings is 2. The third-order valence-corrected chi connectivity index (χ3v) is 4.26. The summed E-state index contributed by atoms with van der Waals surface area (Å²) in [5, 5.41) is 1.40. The third kappa shape index (κ3) is 5.45. The number of carbonyl (C=O) groups excluding carboxylic acids is 1. The van der Waals surface area contributed by atoms with Gasteiger partial charge in [0.05, 0.1) is 0 Å². The van der Waals surface area contributed by atoms with E-state index >= 15 is 0 Å². The molecule has 0 radical (unpaired) electrons. The average molecular weight is 407 g/mol. The van der Waals surface area contributed by atoms with Crippen LogP contribution in [0, 0.1) is 0 Å². The van der Waals surface area contributed by atoms with Gasteiger partial charge in [-0.1, -0.05) is 36.4 Å². The molecule has 0 bridgehead atoms. The zero-order valence-corrected chi connectivity index (χ0v) is 17.0. The van der Waals surface area contributed by atoms with Gasteiger partial charge in [-0.15, -0.1) is 0 Å². The second-order valence-corrected chi connectivity index (χ2v) is 7.04. The van der Waals surface area contributed by atoms with E-state index in [1.54, 1.807) is 36.4 Å². The van der Waals surface area contributed by atoms with Crippen molar-refractivity contribution in [2.24, 2.45) is 21.5 Å². The molecule has 0 aromatic heterocycles. The van der Waals surface area contributed by atoms with Crippen LogP contribution in [0.25, 0.3) is 6.08 Å². The van der Waals surface area contributed by atoms with E-state index in [9.17, 15) is 4.79 Å². The number of aliphatic imine (C=N–C) groups is 2. The minimum Gasteiger partial charge on any atom is -0.491 e. The number of nitrogens with two attached hydrogens (primary N) is 2. The van der Waals surface area contributed by atoms with Crippen LogP contribution >= 0.6 is 0 Å². The van der Waals surface area contributed by atoms with Crippen molar-refractivity contribution >= 4 is 23.8 Å². The molecule has 2 aromatic rings. The Hall–Kier alpha value is -3.65. The average Bonchev–Trinajstić information content (AvgIpc) is 2.71. The number of allylic oxidation sites excluding steroid dienone is 1. The van der Waals surface area contributed by atoms with Crippen LogP contribution < -0.4 is 16.2 Å². The van der Waals surface area contributed by atoms with E-state index in [-0.39, 0.29) is 30.9 Å². The first-order chi connectivity index (χ1) is 14.3. The molecule has 156 valence electrons. The molecule has 0 spiro atoms. The Morgan fingerprint density at radius 2 is 1.77 bits per heavy atom. The smallest absolute Gasteiger partial charge is 0.226 e. The fourth-order valence-corrected chi connectivity index (χ4v) is 2.85. The molecule has 1 heterocycles. The monoisotopic (exact) mass is 407 g/mol. The summed E-state index contributed by atoms with van der Waals surface area (Å²) in [6.07, 6.45) is 3.35. The highest BCUT2D eigenvalue weighted by atomic mass is 16.7. The molecule has 1 aliphatic rings. The van der Waals surface area contributed by atoms with Gasteiger partial charge in [0.2, 0.25) is 11.9 Å². The largest absolute Gasteiger partial charge is 0.491 e. The van der Waals surface area contributed by atoms with E-state index < -0.39 is 5.66 Å². The molecular formula is C22H25N5O3. The molecule has 0 aliphatic carbocycles. The van der Waals surface area contributed by atoms with Gasteiger partial charge in [0.15, 0.2) is 11.4 Å². The number of hydrogen-bond donors (Lipinski definition) is 2. The molecule has 0 amide bonds. The van der Waals surface area contributed by atoms with E-state index in [0.29, 0.717) is 11.3 Å². The Bertz CT molecular complexity index is 966. The van der Waals surface area contributed by atoms with Crippen molar-refractivity contribution in [2.45, 2.75) is 19.5 Å². The van der Waals surface area contributed by atoms with Gasteiger partial charge in [-0.3, -0.25) is 9.63 Å². The fraction of sp³-hybridized carbons (Fsp3) is 0.227. The number of hydroxylamine groups is 2. The van der Waals surface area contributed by atoms with Crippen molar-refractivity contribution in [3.05, 3.63) is 71.8 Å². The summed E-state index contributed by atoms with van der Waals surface area (Å²) in [7, 11) is 0. The van der Waals surface area contributed by atoms with Crippen molar-refractivity contribution in [1.29, 1.82) is 0 Å². The van der Waals surface area contributed by atoms with Crippen molar-refractivity contribution in [1.82, 2.24) is 5.06 Å². The van der Waals surface area contributed by atoms with Crippen molar-refractivity contribution in [2.75, 3.05) is 13.2 Å². The standard InChI is InChI=1S/C22H25N5O3/c1-22(2)26-20(23)25-21(24)27(22)30-15-14-29-18-11-9-17(10-12-18)19(28)13-8-16-6-4-3-5-7-16/h3-13H,14-15H2,1-2H3,(H4,23,24,25,26). The van der Waals surface area contributed by atoms with Gasteiger partial charge in [-0.05, 0) is 49.8 Å². The summed E-state index contributed by atoms with van der Waals surface area (Å²) in [5.41, 5.74) is 12.3. The summed E-state index contributed by atoms with van der Waals surface area (Å²) in [4.78, 5) is 26.0. The summed E-state index contributed by atoms with van der Waals surface area (Å²) >= 11 is 0. The Labute approximate surface area is 175 Å². The third-order valence-electron chi connectivity index (χ3n) is 4.26. The van der Waals surface area contributed by atoms with Gasteiger partial charge in [0.1, 0.15) is 19.0 Å². The molecule has 0 atom stereocenters. The number of hydrogen-bond acceptors (Lipinski definition) is 8. The van der Waals surface area contributed by atoms with Gasteiger partial charge < -0.3 is 16.2 Å². The van der Waals surface area contributed by atoms with Crippen molar-refractivity contribution in [3.63, 3.8) is 0 Å². The number of carbonyl (C=O) groups is 1. The zero-order valence-electron chi connectivity index (χ0n) is 17.0. The lowest BCUT2D eigenvalue weighted by molar-refractivity contribution is -0.161. The lowest BCUT2D eigenvalue weighted by atomic mass is 10.1. The molecule has 2 aromatic carbocycles. The highest BCUT2D eigenvalue weighted by Crippen LogP contribution is 2.20. The van der Waals surface area contributed by atoms with Crippen LogP contribution in [0.2, 0.25) is 0 Å². The molecule has 1 aliphatic heterocycles. The number of ketones is 1. The molecule has 0 fully saturated rings. The molecule has 8 nitrogen and oxygen atoms in total. The van der Waals surface area contributed by atoms with Gasteiger partial charge >= 0.3 is 0 Å². The van der Waals surface area contributed by atoms with Crippen LogP contribution in [-0.4, -0.2) is 41.6 Å². The minimum absolute atomic E-state index is 0.0735. The topological polar surface area (TPSA) is 116 Å². The normalized spacial score (nSPS) is 15.6. The first kappa shape index (κ1) is 21.1. The van der Waals surface area contributed by atoms with Gasteiger partial charge in [0.25, 0.3) is 0 Å². The highest BCUT2D eigenvalue weighted by molar-refractivity contribution is 6.06. The first-order valence-corrected chi connectivity index (χ1v) is 9.48. The van der Waals surface area contributed by atoms with E-state index in [2.05, 4.69) is 9.98 Å². The molecule has 0 saturated carbocycles. The Balaban J connectivity index is 1.48. The molecule has 30 heavy (non-hydrogen) atoms. The lowest BCUT2D eigenvalue weighted by Crippen LogP contribution is -2.54. The number of rotatable bonds is 8. The van der Waals surface area contributed by atoms with Gasteiger partial charge in [0, 0.05) is 5.56 Å². The molecule has 4 N–H and O–H groups in total. The van der Waals surface area contributed by atoms with Crippen molar-refractivity contribution < 1.29 is 14.4 Å².